The van der Waals surface area contributed by atoms with Crippen molar-refractivity contribution in [2.24, 2.45) is 0 Å². The molecule has 1 saturated heterocycles. The number of fused-ring (bicyclic) bond motifs is 1. The van der Waals surface area contributed by atoms with Gasteiger partial charge in [0.25, 0.3) is 5.91 Å². The first kappa shape index (κ1) is 21.2. The highest BCUT2D eigenvalue weighted by Gasteiger charge is 2.34. The average Bonchev–Trinajstić information content (AvgIpc) is 2.86. The Morgan fingerprint density at radius 1 is 1.03 bits per heavy atom. The number of pyridine rings is 2. The Hall–Kier alpha value is -3.68. The molecule has 168 valence electrons. The van der Waals surface area contributed by atoms with Gasteiger partial charge in [-0.15, -0.1) is 0 Å². The highest BCUT2D eigenvalue weighted by atomic mass is 16.2. The lowest BCUT2D eigenvalue weighted by atomic mass is 9.99. The molecule has 2 amide bonds. The van der Waals surface area contributed by atoms with E-state index in [4.69, 9.17) is 9.97 Å². The fraction of sp³-hybridized carbons (Fsp3) is 0.360. The minimum absolute atomic E-state index is 0.0299. The van der Waals surface area contributed by atoms with E-state index >= 15 is 0 Å². The Bertz CT molecular complexity index is 1170. The third kappa shape index (κ3) is 4.20. The van der Waals surface area contributed by atoms with Crippen LogP contribution in [-0.2, 0) is 17.8 Å². The third-order valence-corrected chi connectivity index (χ3v) is 6.35. The number of rotatable bonds is 4. The van der Waals surface area contributed by atoms with Crippen LogP contribution in [0.3, 0.4) is 0 Å². The van der Waals surface area contributed by atoms with Crippen LogP contribution in [0.4, 0.5) is 5.82 Å². The molecule has 0 saturated carbocycles. The predicted octanol–water partition coefficient (Wildman–Crippen LogP) is 3.42. The van der Waals surface area contributed by atoms with Gasteiger partial charge in [-0.3, -0.25) is 24.5 Å². The molecule has 1 unspecified atom stereocenters. The number of piperidine rings is 1. The molecule has 2 aliphatic rings. The summed E-state index contributed by atoms with van der Waals surface area (Å²) >= 11 is 0. The number of nitrogens with zero attached hydrogens (tertiary/aromatic N) is 6. The van der Waals surface area contributed by atoms with Gasteiger partial charge in [-0.2, -0.15) is 0 Å². The molecular weight excluding hydrogens is 416 g/mol. The van der Waals surface area contributed by atoms with E-state index in [2.05, 4.69) is 9.97 Å². The van der Waals surface area contributed by atoms with Crippen molar-refractivity contribution in [1.82, 2.24) is 24.8 Å². The number of anilines is 1. The zero-order chi connectivity index (χ0) is 22.8. The average molecular weight is 443 g/mol. The summed E-state index contributed by atoms with van der Waals surface area (Å²) in [5.74, 6) is 1.16. The molecule has 2 aliphatic heterocycles. The fourth-order valence-corrected chi connectivity index (χ4v) is 4.65. The highest BCUT2D eigenvalue weighted by Crippen LogP contribution is 2.35. The molecule has 33 heavy (non-hydrogen) atoms. The van der Waals surface area contributed by atoms with Gasteiger partial charge in [-0.05, 0) is 56.9 Å². The first-order chi connectivity index (χ1) is 16.1. The van der Waals surface area contributed by atoms with Gasteiger partial charge < -0.3 is 4.90 Å². The van der Waals surface area contributed by atoms with Gasteiger partial charge >= 0.3 is 0 Å². The van der Waals surface area contributed by atoms with Crippen LogP contribution in [0.15, 0.2) is 48.8 Å². The van der Waals surface area contributed by atoms with E-state index in [1.165, 1.54) is 0 Å². The smallest absolute Gasteiger partial charge is 0.273 e. The number of carbonyl (C=O) groups is 2. The van der Waals surface area contributed by atoms with Gasteiger partial charge in [0, 0.05) is 36.6 Å². The van der Waals surface area contributed by atoms with E-state index in [0.717, 1.165) is 36.2 Å². The molecule has 1 atom stereocenters. The van der Waals surface area contributed by atoms with Gasteiger partial charge in [0.05, 0.1) is 18.3 Å². The van der Waals surface area contributed by atoms with Crippen molar-refractivity contribution >= 4 is 17.6 Å². The van der Waals surface area contributed by atoms with Gasteiger partial charge in [0.1, 0.15) is 11.5 Å². The lowest BCUT2D eigenvalue weighted by molar-refractivity contribution is -0.119. The van der Waals surface area contributed by atoms with Crippen LogP contribution in [0, 0.1) is 6.92 Å². The quantitative estimate of drug-likeness (QED) is 0.615. The van der Waals surface area contributed by atoms with Crippen molar-refractivity contribution in [1.29, 1.82) is 0 Å². The molecule has 5 heterocycles. The molecule has 0 aromatic carbocycles. The standard InChI is InChI=1S/C25H26N6O2/c1-17-19-11-12-22(32)31(16-18-8-2-5-13-26-18)24(19)29-23(28-17)21-10-4-7-15-30(21)25(33)20-9-3-6-14-27-20/h2-3,5-6,8-9,13-14,21H,4,7,10-12,15-16H2,1H3. The van der Waals surface area contributed by atoms with E-state index in [1.54, 1.807) is 29.4 Å². The number of carbonyl (C=O) groups excluding carboxylic acids is 2. The van der Waals surface area contributed by atoms with E-state index < -0.39 is 0 Å². The third-order valence-electron chi connectivity index (χ3n) is 6.35. The zero-order valence-electron chi connectivity index (χ0n) is 18.6. The van der Waals surface area contributed by atoms with Crippen molar-refractivity contribution < 1.29 is 9.59 Å². The Labute approximate surface area is 192 Å². The van der Waals surface area contributed by atoms with Crippen molar-refractivity contribution in [2.75, 3.05) is 11.4 Å². The van der Waals surface area contributed by atoms with Crippen LogP contribution in [-0.4, -0.2) is 43.2 Å². The van der Waals surface area contributed by atoms with Crippen LogP contribution in [0.1, 0.15) is 65.0 Å². The number of likely N-dealkylation sites (tertiary alicyclic amines) is 1. The minimum Gasteiger partial charge on any atom is -0.327 e. The fourth-order valence-electron chi connectivity index (χ4n) is 4.65. The normalized spacial score (nSPS) is 18.2. The molecule has 3 aromatic heterocycles. The summed E-state index contributed by atoms with van der Waals surface area (Å²) in [5, 5.41) is 0. The lowest BCUT2D eigenvalue weighted by Gasteiger charge is -2.36. The van der Waals surface area contributed by atoms with E-state index in [1.807, 2.05) is 36.1 Å². The van der Waals surface area contributed by atoms with Crippen LogP contribution < -0.4 is 4.90 Å². The summed E-state index contributed by atoms with van der Waals surface area (Å²) < 4.78 is 0. The molecular formula is C25H26N6O2. The maximum Gasteiger partial charge on any atom is 0.273 e. The van der Waals surface area contributed by atoms with Gasteiger partial charge in [-0.1, -0.05) is 12.1 Å². The molecule has 3 aromatic rings. The second-order valence-corrected chi connectivity index (χ2v) is 8.50. The molecule has 0 radical (unpaired) electrons. The zero-order valence-corrected chi connectivity index (χ0v) is 18.6. The van der Waals surface area contributed by atoms with Crippen LogP contribution in [0.25, 0.3) is 0 Å². The molecule has 0 N–H and O–H groups in total. The Morgan fingerprint density at radius 3 is 2.61 bits per heavy atom. The number of hydrogen-bond donors (Lipinski definition) is 0. The maximum absolute atomic E-state index is 13.2. The summed E-state index contributed by atoms with van der Waals surface area (Å²) in [6.07, 6.45) is 7.12. The van der Waals surface area contributed by atoms with E-state index in [-0.39, 0.29) is 17.9 Å². The Kier molecular flexibility index (Phi) is 5.81. The summed E-state index contributed by atoms with van der Waals surface area (Å²) in [7, 11) is 0. The Morgan fingerprint density at radius 2 is 1.85 bits per heavy atom. The minimum atomic E-state index is -0.244. The van der Waals surface area contributed by atoms with Gasteiger partial charge in [-0.25, -0.2) is 9.97 Å². The molecule has 1 fully saturated rings. The second kappa shape index (κ2) is 9.05. The molecule has 0 aliphatic carbocycles. The van der Waals surface area contributed by atoms with Gasteiger partial charge in [0.2, 0.25) is 5.91 Å². The van der Waals surface area contributed by atoms with Crippen LogP contribution in [0.2, 0.25) is 0 Å². The molecule has 5 rings (SSSR count). The second-order valence-electron chi connectivity index (χ2n) is 8.50. The van der Waals surface area contributed by atoms with Crippen molar-refractivity contribution in [2.45, 2.75) is 51.6 Å². The summed E-state index contributed by atoms with van der Waals surface area (Å²) in [6.45, 7) is 2.96. The monoisotopic (exact) mass is 442 g/mol. The molecule has 8 heteroatoms. The van der Waals surface area contributed by atoms with Crippen molar-refractivity contribution in [3.8, 4) is 0 Å². The highest BCUT2D eigenvalue weighted by molar-refractivity contribution is 5.95. The molecule has 8 nitrogen and oxygen atoms in total. The largest absolute Gasteiger partial charge is 0.327 e. The van der Waals surface area contributed by atoms with E-state index in [9.17, 15) is 9.59 Å². The Balaban J connectivity index is 1.51. The van der Waals surface area contributed by atoms with Crippen molar-refractivity contribution in [3.63, 3.8) is 0 Å². The van der Waals surface area contributed by atoms with E-state index in [0.29, 0.717) is 43.3 Å². The summed E-state index contributed by atoms with van der Waals surface area (Å²) in [6, 6.07) is 10.8. The predicted molar refractivity (Wildman–Crippen MR) is 122 cm³/mol. The first-order valence-corrected chi connectivity index (χ1v) is 11.4. The first-order valence-electron chi connectivity index (χ1n) is 11.4. The SMILES string of the molecule is Cc1nc(C2CCCCN2C(=O)c2ccccn2)nc2c1CCC(=O)N2Cc1ccccn1. The molecule has 0 bridgehead atoms. The molecule has 0 spiro atoms. The number of amides is 2. The topological polar surface area (TPSA) is 92.2 Å². The lowest BCUT2D eigenvalue weighted by Crippen LogP contribution is -2.41. The number of aromatic nitrogens is 4. The van der Waals surface area contributed by atoms with Crippen LogP contribution in [0.5, 0.6) is 0 Å². The summed E-state index contributed by atoms with van der Waals surface area (Å²) in [4.78, 5) is 48.0. The van der Waals surface area contributed by atoms with Crippen molar-refractivity contribution in [3.05, 3.63) is 77.3 Å². The number of hydrogen-bond acceptors (Lipinski definition) is 6. The van der Waals surface area contributed by atoms with Crippen LogP contribution >= 0.6 is 0 Å². The number of aryl methyl sites for hydroxylation is 1. The summed E-state index contributed by atoms with van der Waals surface area (Å²) in [5.41, 5.74) is 3.09. The van der Waals surface area contributed by atoms with Gasteiger partial charge in [0.15, 0.2) is 5.82 Å². The maximum atomic E-state index is 13.2.